The summed E-state index contributed by atoms with van der Waals surface area (Å²) < 4.78 is 7.50. The van der Waals surface area contributed by atoms with E-state index in [2.05, 4.69) is 15.6 Å². The fraction of sp³-hybridized carbons (Fsp3) is 0.500. The zero-order chi connectivity index (χ0) is 17.6. The minimum absolute atomic E-state index is 0.132. The number of likely N-dealkylation sites (N-methyl/N-ethyl adjacent to an activating group) is 1. The standard InChI is InChI=1S/C18H25N5O2/c1-14-3-5-16(6-4-14)25-12-11-22(2)18(24)17-13-23(21-20-17)15-7-9-19-10-8-15/h3-6,13,15,19H,7-12H2,1-2H3. The molecule has 0 aliphatic carbocycles. The number of piperidine rings is 1. The summed E-state index contributed by atoms with van der Waals surface area (Å²) in [4.78, 5) is 14.1. The Kier molecular flexibility index (Phi) is 5.65. The number of amides is 1. The Morgan fingerprint density at radius 1 is 1.32 bits per heavy atom. The third kappa shape index (κ3) is 4.57. The molecule has 0 spiro atoms. The molecule has 2 heterocycles. The summed E-state index contributed by atoms with van der Waals surface area (Å²) in [6, 6.07) is 8.20. The van der Waals surface area contributed by atoms with Crippen LogP contribution < -0.4 is 10.1 Å². The van der Waals surface area contributed by atoms with Crippen LogP contribution in [-0.4, -0.2) is 59.1 Å². The van der Waals surface area contributed by atoms with E-state index < -0.39 is 0 Å². The summed E-state index contributed by atoms with van der Waals surface area (Å²) in [6.45, 7) is 4.92. The molecule has 25 heavy (non-hydrogen) atoms. The van der Waals surface area contributed by atoms with Gasteiger partial charge in [-0.25, -0.2) is 4.68 Å². The Morgan fingerprint density at radius 2 is 2.04 bits per heavy atom. The topological polar surface area (TPSA) is 72.3 Å². The lowest BCUT2D eigenvalue weighted by Crippen LogP contribution is -2.31. The third-order valence-corrected chi connectivity index (χ3v) is 4.48. The first kappa shape index (κ1) is 17.4. The maximum absolute atomic E-state index is 12.5. The molecular weight excluding hydrogens is 318 g/mol. The van der Waals surface area contributed by atoms with Gasteiger partial charge in [0.15, 0.2) is 5.69 Å². The van der Waals surface area contributed by atoms with Crippen LogP contribution in [0.3, 0.4) is 0 Å². The Hall–Kier alpha value is -2.41. The van der Waals surface area contributed by atoms with Gasteiger partial charge in [-0.15, -0.1) is 5.10 Å². The summed E-state index contributed by atoms with van der Waals surface area (Å²) in [6.07, 6.45) is 3.78. The monoisotopic (exact) mass is 343 g/mol. The van der Waals surface area contributed by atoms with Crippen LogP contribution in [0.2, 0.25) is 0 Å². The van der Waals surface area contributed by atoms with Gasteiger partial charge < -0.3 is 15.0 Å². The molecule has 1 amide bonds. The van der Waals surface area contributed by atoms with Gasteiger partial charge in [0.25, 0.3) is 5.91 Å². The molecule has 134 valence electrons. The molecule has 1 aromatic heterocycles. The molecular formula is C18H25N5O2. The van der Waals surface area contributed by atoms with E-state index in [0.717, 1.165) is 31.7 Å². The van der Waals surface area contributed by atoms with Crippen LogP contribution in [0.4, 0.5) is 0 Å². The second kappa shape index (κ2) is 8.11. The van der Waals surface area contributed by atoms with Crippen molar-refractivity contribution in [1.29, 1.82) is 0 Å². The summed E-state index contributed by atoms with van der Waals surface area (Å²) in [5.41, 5.74) is 1.58. The predicted molar refractivity (Wildman–Crippen MR) is 94.8 cm³/mol. The first-order chi connectivity index (χ1) is 12.1. The van der Waals surface area contributed by atoms with Crippen molar-refractivity contribution >= 4 is 5.91 Å². The van der Waals surface area contributed by atoms with E-state index in [1.807, 2.05) is 35.9 Å². The molecule has 3 rings (SSSR count). The molecule has 2 aromatic rings. The molecule has 1 aliphatic heterocycles. The number of benzene rings is 1. The van der Waals surface area contributed by atoms with E-state index in [1.54, 1.807) is 18.1 Å². The van der Waals surface area contributed by atoms with Gasteiger partial charge in [-0.1, -0.05) is 22.9 Å². The van der Waals surface area contributed by atoms with Crippen molar-refractivity contribution in [3.63, 3.8) is 0 Å². The van der Waals surface area contributed by atoms with Gasteiger partial charge in [-0.2, -0.15) is 0 Å². The number of carbonyl (C=O) groups is 1. The van der Waals surface area contributed by atoms with Crippen molar-refractivity contribution in [2.45, 2.75) is 25.8 Å². The van der Waals surface area contributed by atoms with Crippen LogP contribution in [0.1, 0.15) is 34.9 Å². The Balaban J connectivity index is 1.50. The largest absolute Gasteiger partial charge is 0.492 e. The highest BCUT2D eigenvalue weighted by atomic mass is 16.5. The molecule has 1 aliphatic rings. The molecule has 0 radical (unpaired) electrons. The van der Waals surface area contributed by atoms with Crippen molar-refractivity contribution in [3.8, 4) is 5.75 Å². The highest BCUT2D eigenvalue weighted by Gasteiger charge is 2.20. The highest BCUT2D eigenvalue weighted by Crippen LogP contribution is 2.17. The Bertz CT molecular complexity index is 692. The van der Waals surface area contributed by atoms with Crippen LogP contribution in [0.15, 0.2) is 30.5 Å². The molecule has 0 unspecified atom stereocenters. The number of aromatic nitrogens is 3. The van der Waals surface area contributed by atoms with Crippen molar-refractivity contribution in [3.05, 3.63) is 41.7 Å². The summed E-state index contributed by atoms with van der Waals surface area (Å²) in [5.74, 6) is 0.677. The summed E-state index contributed by atoms with van der Waals surface area (Å²) in [7, 11) is 1.75. The first-order valence-electron chi connectivity index (χ1n) is 8.71. The van der Waals surface area contributed by atoms with Gasteiger partial charge >= 0.3 is 0 Å². The quantitative estimate of drug-likeness (QED) is 0.864. The fourth-order valence-electron chi connectivity index (χ4n) is 2.86. The van der Waals surface area contributed by atoms with Crippen molar-refractivity contribution in [2.75, 3.05) is 33.3 Å². The number of hydrogen-bond acceptors (Lipinski definition) is 5. The van der Waals surface area contributed by atoms with Crippen LogP contribution >= 0.6 is 0 Å². The van der Waals surface area contributed by atoms with E-state index >= 15 is 0 Å². The predicted octanol–water partition coefficient (Wildman–Crippen LogP) is 1.66. The van der Waals surface area contributed by atoms with Gasteiger partial charge in [-0.05, 0) is 45.0 Å². The Morgan fingerprint density at radius 3 is 2.76 bits per heavy atom. The van der Waals surface area contributed by atoms with Gasteiger partial charge in [0.1, 0.15) is 12.4 Å². The number of nitrogens with one attached hydrogen (secondary N) is 1. The van der Waals surface area contributed by atoms with Gasteiger partial charge in [0.2, 0.25) is 0 Å². The minimum atomic E-state index is -0.132. The average Bonchev–Trinajstić information content (AvgIpc) is 3.13. The van der Waals surface area contributed by atoms with Crippen molar-refractivity contribution in [2.24, 2.45) is 0 Å². The molecule has 1 aromatic carbocycles. The number of nitrogens with zero attached hydrogens (tertiary/aromatic N) is 4. The normalized spacial score (nSPS) is 15.1. The van der Waals surface area contributed by atoms with E-state index in [9.17, 15) is 4.79 Å². The fourth-order valence-corrected chi connectivity index (χ4v) is 2.86. The smallest absolute Gasteiger partial charge is 0.275 e. The van der Waals surface area contributed by atoms with Crippen molar-refractivity contribution in [1.82, 2.24) is 25.2 Å². The van der Waals surface area contributed by atoms with Gasteiger partial charge in [-0.3, -0.25) is 4.79 Å². The van der Waals surface area contributed by atoms with E-state index in [-0.39, 0.29) is 5.91 Å². The molecule has 7 nitrogen and oxygen atoms in total. The summed E-state index contributed by atoms with van der Waals surface area (Å²) in [5, 5.41) is 11.5. The van der Waals surface area contributed by atoms with E-state index in [4.69, 9.17) is 4.74 Å². The second-order valence-corrected chi connectivity index (χ2v) is 6.45. The lowest BCUT2D eigenvalue weighted by molar-refractivity contribution is 0.0768. The zero-order valence-electron chi connectivity index (χ0n) is 14.8. The number of ether oxygens (including phenoxy) is 1. The molecule has 1 saturated heterocycles. The second-order valence-electron chi connectivity index (χ2n) is 6.45. The van der Waals surface area contributed by atoms with Gasteiger partial charge in [0, 0.05) is 7.05 Å². The van der Waals surface area contributed by atoms with Crippen LogP contribution in [0.5, 0.6) is 5.75 Å². The van der Waals surface area contributed by atoms with Crippen LogP contribution in [0, 0.1) is 6.92 Å². The van der Waals surface area contributed by atoms with Crippen LogP contribution in [0.25, 0.3) is 0 Å². The summed E-state index contributed by atoms with van der Waals surface area (Å²) >= 11 is 0. The highest BCUT2D eigenvalue weighted by molar-refractivity contribution is 5.91. The average molecular weight is 343 g/mol. The third-order valence-electron chi connectivity index (χ3n) is 4.48. The SMILES string of the molecule is Cc1ccc(OCCN(C)C(=O)c2cn(C3CCNCC3)nn2)cc1. The van der Waals surface area contributed by atoms with Crippen LogP contribution in [-0.2, 0) is 0 Å². The number of aryl methyl sites for hydroxylation is 1. The van der Waals surface area contributed by atoms with E-state index in [0.29, 0.717) is 24.9 Å². The molecule has 1 fully saturated rings. The maximum Gasteiger partial charge on any atom is 0.275 e. The molecule has 1 N–H and O–H groups in total. The lowest BCUT2D eigenvalue weighted by Gasteiger charge is -2.22. The number of rotatable bonds is 6. The van der Waals surface area contributed by atoms with Gasteiger partial charge in [0.05, 0.1) is 18.8 Å². The van der Waals surface area contributed by atoms with Crippen molar-refractivity contribution < 1.29 is 9.53 Å². The molecule has 7 heteroatoms. The zero-order valence-corrected chi connectivity index (χ0v) is 14.8. The van der Waals surface area contributed by atoms with E-state index in [1.165, 1.54) is 5.56 Å². The Labute approximate surface area is 148 Å². The number of hydrogen-bond donors (Lipinski definition) is 1. The lowest BCUT2D eigenvalue weighted by atomic mass is 10.1. The number of carbonyl (C=O) groups excluding carboxylic acids is 1. The minimum Gasteiger partial charge on any atom is -0.492 e. The first-order valence-corrected chi connectivity index (χ1v) is 8.71. The molecule has 0 atom stereocenters. The maximum atomic E-state index is 12.5. The molecule has 0 bridgehead atoms. The molecule has 0 saturated carbocycles.